The second-order valence-electron chi connectivity index (χ2n) is 15.5. The highest BCUT2D eigenvalue weighted by Gasteiger charge is 2.81. The molecule has 0 aliphatic heterocycles. The standard InChI is InChI=1S/C44H42F12O2/c1-3-5-7-9-11-13-21-57-25-15-17-27-31(23-25)33-29(37-35(27)39(45,46)43(53,54)41(37,49)50)19-20-30-34(33)32-24-26(58-22-14-12-10-8-6-4-2)16-18-28(32)36-38(30)42(51,52)44(55,56)40(36,47)48/h15-20,23-24H,3-14,21-22H2,1-2H3. The third-order valence-corrected chi connectivity index (χ3v) is 11.7. The maximum absolute atomic E-state index is 15.9. The van der Waals surface area contributed by atoms with Gasteiger partial charge in [-0.25, -0.2) is 0 Å². The van der Waals surface area contributed by atoms with E-state index >= 15 is 52.7 Å². The Morgan fingerprint density at radius 3 is 1.00 bits per heavy atom. The Bertz CT molecular complexity index is 2200. The van der Waals surface area contributed by atoms with Gasteiger partial charge in [-0.15, -0.1) is 0 Å². The molecule has 5 aromatic rings. The number of ether oxygens (including phenoxy) is 2. The lowest BCUT2D eigenvalue weighted by Gasteiger charge is -2.24. The van der Waals surface area contributed by atoms with Crippen molar-refractivity contribution in [3.8, 4) is 11.5 Å². The Balaban J connectivity index is 1.53. The van der Waals surface area contributed by atoms with E-state index in [1.165, 1.54) is 0 Å². The maximum Gasteiger partial charge on any atom is 0.380 e. The van der Waals surface area contributed by atoms with Crippen molar-refractivity contribution in [1.29, 1.82) is 0 Å². The highest BCUT2D eigenvalue weighted by molar-refractivity contribution is 6.30. The van der Waals surface area contributed by atoms with Crippen LogP contribution in [0.1, 0.15) is 113 Å². The van der Waals surface area contributed by atoms with Crippen LogP contribution in [-0.2, 0) is 23.7 Å². The van der Waals surface area contributed by atoms with Crippen LogP contribution in [-0.4, -0.2) is 25.1 Å². The van der Waals surface area contributed by atoms with E-state index in [1.54, 1.807) is 0 Å². The summed E-state index contributed by atoms with van der Waals surface area (Å²) in [6.45, 7) is 4.33. The topological polar surface area (TPSA) is 18.5 Å². The van der Waals surface area contributed by atoms with Gasteiger partial charge in [0.25, 0.3) is 0 Å². The zero-order valence-electron chi connectivity index (χ0n) is 31.9. The molecule has 0 heterocycles. The molecule has 0 bridgehead atoms. The van der Waals surface area contributed by atoms with Crippen LogP contribution in [0.3, 0.4) is 0 Å². The fourth-order valence-corrected chi connectivity index (χ4v) is 8.67. The monoisotopic (exact) mass is 830 g/mol. The van der Waals surface area contributed by atoms with Crippen molar-refractivity contribution >= 4 is 43.1 Å². The number of hydrogen-bond donors (Lipinski definition) is 0. The lowest BCUT2D eigenvalue weighted by atomic mass is 9.84. The Hall–Kier alpha value is -4.10. The first-order chi connectivity index (χ1) is 27.3. The van der Waals surface area contributed by atoms with Crippen molar-refractivity contribution in [2.24, 2.45) is 0 Å². The number of alkyl halides is 12. The van der Waals surface area contributed by atoms with Crippen LogP contribution in [0.2, 0.25) is 0 Å². The third-order valence-electron chi connectivity index (χ3n) is 11.7. The molecule has 7 rings (SSSR count). The molecule has 14 heteroatoms. The molecule has 0 atom stereocenters. The first-order valence-corrected chi connectivity index (χ1v) is 19.8. The Morgan fingerprint density at radius 2 is 0.655 bits per heavy atom. The van der Waals surface area contributed by atoms with Gasteiger partial charge in [0.05, 0.1) is 13.2 Å². The molecule has 2 aliphatic rings. The van der Waals surface area contributed by atoms with Crippen LogP contribution in [0.4, 0.5) is 52.7 Å². The molecule has 58 heavy (non-hydrogen) atoms. The van der Waals surface area contributed by atoms with Crippen LogP contribution in [0, 0.1) is 0 Å². The molecule has 2 nitrogen and oxygen atoms in total. The number of unbranched alkanes of at least 4 members (excludes halogenated alkanes) is 10. The molecule has 0 saturated carbocycles. The summed E-state index contributed by atoms with van der Waals surface area (Å²) in [6, 6.07) is 7.35. The fraction of sp³-hybridized carbons (Fsp3) is 0.500. The molecule has 0 unspecified atom stereocenters. The van der Waals surface area contributed by atoms with Crippen molar-refractivity contribution in [2.45, 2.75) is 126 Å². The smallest absolute Gasteiger partial charge is 0.380 e. The summed E-state index contributed by atoms with van der Waals surface area (Å²) in [5.74, 6) is -33.9. The Morgan fingerprint density at radius 1 is 0.362 bits per heavy atom. The summed E-state index contributed by atoms with van der Waals surface area (Å²) in [5.41, 5.74) is -6.99. The van der Waals surface area contributed by atoms with E-state index in [1.807, 2.05) is 0 Å². The van der Waals surface area contributed by atoms with Crippen LogP contribution in [0.15, 0.2) is 48.5 Å². The maximum atomic E-state index is 15.9. The van der Waals surface area contributed by atoms with Crippen molar-refractivity contribution < 1.29 is 62.2 Å². The molecule has 0 saturated heterocycles. The normalized spacial score (nSPS) is 19.3. The first-order valence-electron chi connectivity index (χ1n) is 19.8. The van der Waals surface area contributed by atoms with Gasteiger partial charge in [-0.2, -0.15) is 52.7 Å². The minimum Gasteiger partial charge on any atom is -0.494 e. The van der Waals surface area contributed by atoms with Gasteiger partial charge < -0.3 is 9.47 Å². The molecular formula is C44H42F12O2. The Kier molecular flexibility index (Phi) is 10.8. The lowest BCUT2D eigenvalue weighted by Crippen LogP contribution is -2.43. The van der Waals surface area contributed by atoms with Gasteiger partial charge in [-0.1, -0.05) is 102 Å². The quantitative estimate of drug-likeness (QED) is 0.0560. The van der Waals surface area contributed by atoms with E-state index in [2.05, 4.69) is 13.8 Å². The minimum atomic E-state index is -5.96. The van der Waals surface area contributed by atoms with E-state index in [4.69, 9.17) is 9.47 Å². The number of rotatable bonds is 16. The number of halogens is 12. The van der Waals surface area contributed by atoms with Crippen molar-refractivity contribution in [1.82, 2.24) is 0 Å². The SMILES string of the molecule is CCCCCCCCOc1ccc2c3c(c4ccc5c6c(c7ccc(OCCCCCCCC)cc7c5c4c2c1)C(F)(F)C(F)(F)C6(F)F)C(F)(F)C(F)(F)C3(F)F. The molecule has 0 spiro atoms. The van der Waals surface area contributed by atoms with Gasteiger partial charge in [-0.3, -0.25) is 0 Å². The molecule has 0 N–H and O–H groups in total. The third kappa shape index (κ3) is 6.06. The summed E-state index contributed by atoms with van der Waals surface area (Å²) in [7, 11) is 0. The summed E-state index contributed by atoms with van der Waals surface area (Å²) < 4.78 is 199. The molecule has 0 amide bonds. The van der Waals surface area contributed by atoms with Crippen LogP contribution in [0.5, 0.6) is 11.5 Å². The fourth-order valence-electron chi connectivity index (χ4n) is 8.67. The predicted octanol–water partition coefficient (Wildman–Crippen LogP) is 15.4. The van der Waals surface area contributed by atoms with Gasteiger partial charge >= 0.3 is 35.5 Å². The van der Waals surface area contributed by atoms with E-state index in [0.29, 0.717) is 25.0 Å². The van der Waals surface area contributed by atoms with Crippen LogP contribution >= 0.6 is 0 Å². The molecule has 0 aromatic heterocycles. The summed E-state index contributed by atoms with van der Waals surface area (Å²) >= 11 is 0. The average Bonchev–Trinajstić information content (AvgIpc) is 3.36. The van der Waals surface area contributed by atoms with Crippen molar-refractivity contribution in [2.75, 3.05) is 13.2 Å². The van der Waals surface area contributed by atoms with Gasteiger partial charge in [0.15, 0.2) is 0 Å². The van der Waals surface area contributed by atoms with Gasteiger partial charge in [-0.05, 0) is 80.2 Å². The summed E-state index contributed by atoms with van der Waals surface area (Å²) in [4.78, 5) is 0. The van der Waals surface area contributed by atoms with Crippen LogP contribution in [0.25, 0.3) is 43.1 Å². The van der Waals surface area contributed by atoms with Crippen LogP contribution < -0.4 is 9.47 Å². The van der Waals surface area contributed by atoms with Gasteiger partial charge in [0, 0.05) is 22.3 Å². The van der Waals surface area contributed by atoms with Gasteiger partial charge in [0.1, 0.15) is 11.5 Å². The molecule has 0 radical (unpaired) electrons. The van der Waals surface area contributed by atoms with Crippen molar-refractivity contribution in [3.63, 3.8) is 0 Å². The number of benzene rings is 5. The molecule has 2 aliphatic carbocycles. The van der Waals surface area contributed by atoms with Crippen molar-refractivity contribution in [3.05, 3.63) is 70.8 Å². The summed E-state index contributed by atoms with van der Waals surface area (Å²) in [5, 5.41) is -5.52. The molecule has 314 valence electrons. The Labute approximate surface area is 326 Å². The highest BCUT2D eigenvalue weighted by Crippen LogP contribution is 2.69. The molecular weight excluding hydrogens is 788 g/mol. The minimum absolute atomic E-state index is 0.0176. The zero-order valence-corrected chi connectivity index (χ0v) is 31.9. The summed E-state index contributed by atoms with van der Waals surface area (Å²) in [6.07, 6.45) is 10.5. The zero-order chi connectivity index (χ0) is 42.1. The highest BCUT2D eigenvalue weighted by atomic mass is 19.4. The second kappa shape index (κ2) is 14.9. The van der Waals surface area contributed by atoms with E-state index in [0.717, 1.165) is 101 Å². The predicted molar refractivity (Wildman–Crippen MR) is 200 cm³/mol. The molecule has 5 aromatic carbocycles. The van der Waals surface area contributed by atoms with E-state index < -0.39 is 101 Å². The lowest BCUT2D eigenvalue weighted by molar-refractivity contribution is -0.302. The second-order valence-corrected chi connectivity index (χ2v) is 15.5. The number of fused-ring (bicyclic) bond motifs is 13. The largest absolute Gasteiger partial charge is 0.494 e. The number of hydrogen-bond acceptors (Lipinski definition) is 2. The molecule has 0 fully saturated rings. The average molecular weight is 831 g/mol. The van der Waals surface area contributed by atoms with E-state index in [-0.39, 0.29) is 24.7 Å². The van der Waals surface area contributed by atoms with Gasteiger partial charge in [0.2, 0.25) is 0 Å². The van der Waals surface area contributed by atoms with E-state index in [9.17, 15) is 0 Å². The first kappa shape index (κ1) is 42.0.